The molecule has 0 radical (unpaired) electrons. The Labute approximate surface area is 172 Å². The number of amidine groups is 1. The topological polar surface area (TPSA) is 68.9 Å². The standard InChI is InChI=1S/C22H29FN4O2/c1-6-20(25-16(2)17-8-9-18(15-24)19(23)14-17)26-10-7-11-27(13-12-26)21(28)29-22(3,4)5/h8-9,14H,2,6-7,10-13H2,1,3-5H3/b25-20+. The summed E-state index contributed by atoms with van der Waals surface area (Å²) < 4.78 is 19.4. The lowest BCUT2D eigenvalue weighted by Crippen LogP contribution is -2.40. The van der Waals surface area contributed by atoms with Crippen LogP contribution in [0.1, 0.15) is 51.7 Å². The fourth-order valence-corrected chi connectivity index (χ4v) is 3.06. The van der Waals surface area contributed by atoms with Gasteiger partial charge in [-0.15, -0.1) is 0 Å². The molecule has 1 aliphatic rings. The Morgan fingerprint density at radius 3 is 2.52 bits per heavy atom. The normalized spacial score (nSPS) is 15.5. The van der Waals surface area contributed by atoms with Gasteiger partial charge in [0.15, 0.2) is 0 Å². The number of hydrogen-bond acceptors (Lipinski definition) is 4. The van der Waals surface area contributed by atoms with Crippen LogP contribution < -0.4 is 0 Å². The molecule has 1 saturated heterocycles. The maximum atomic E-state index is 13.9. The summed E-state index contributed by atoms with van der Waals surface area (Å²) in [5.74, 6) is 0.257. The molecule has 6 nitrogen and oxygen atoms in total. The smallest absolute Gasteiger partial charge is 0.410 e. The van der Waals surface area contributed by atoms with Gasteiger partial charge < -0.3 is 14.5 Å². The van der Waals surface area contributed by atoms with Gasteiger partial charge >= 0.3 is 6.09 Å². The second-order valence-corrected chi connectivity index (χ2v) is 7.94. The van der Waals surface area contributed by atoms with E-state index in [0.29, 0.717) is 37.3 Å². The number of halogens is 1. The highest BCUT2D eigenvalue weighted by molar-refractivity contribution is 5.87. The number of nitrogens with zero attached hydrogens (tertiary/aromatic N) is 4. The van der Waals surface area contributed by atoms with Crippen LogP contribution in [0.4, 0.5) is 9.18 Å². The summed E-state index contributed by atoms with van der Waals surface area (Å²) in [4.78, 5) is 20.8. The van der Waals surface area contributed by atoms with E-state index in [1.165, 1.54) is 12.1 Å². The van der Waals surface area contributed by atoms with Crippen molar-refractivity contribution >= 4 is 17.6 Å². The van der Waals surface area contributed by atoms with Gasteiger partial charge in [0.2, 0.25) is 0 Å². The average Bonchev–Trinajstić information content (AvgIpc) is 2.90. The van der Waals surface area contributed by atoms with Gasteiger partial charge in [0.05, 0.1) is 11.3 Å². The van der Waals surface area contributed by atoms with E-state index in [0.717, 1.165) is 18.8 Å². The van der Waals surface area contributed by atoms with E-state index in [4.69, 9.17) is 10.00 Å². The van der Waals surface area contributed by atoms with Crippen molar-refractivity contribution in [3.63, 3.8) is 0 Å². The number of carbonyl (C=O) groups is 1. The van der Waals surface area contributed by atoms with Crippen LogP contribution in [0.5, 0.6) is 0 Å². The van der Waals surface area contributed by atoms with Crippen molar-refractivity contribution in [1.82, 2.24) is 9.80 Å². The maximum Gasteiger partial charge on any atom is 0.410 e. The molecule has 1 aliphatic heterocycles. The third-order valence-electron chi connectivity index (χ3n) is 4.52. The van der Waals surface area contributed by atoms with Gasteiger partial charge in [-0.1, -0.05) is 19.6 Å². The summed E-state index contributed by atoms with van der Waals surface area (Å²) in [7, 11) is 0. The first-order chi connectivity index (χ1) is 13.6. The maximum absolute atomic E-state index is 13.9. The number of hydrogen-bond donors (Lipinski definition) is 0. The lowest BCUT2D eigenvalue weighted by molar-refractivity contribution is 0.0260. The number of benzene rings is 1. The number of ether oxygens (including phenoxy) is 1. The molecule has 0 N–H and O–H groups in total. The minimum absolute atomic E-state index is 0.00371. The first-order valence-electron chi connectivity index (χ1n) is 9.84. The lowest BCUT2D eigenvalue weighted by atomic mass is 10.1. The molecule has 0 aliphatic carbocycles. The average molecular weight is 400 g/mol. The van der Waals surface area contributed by atoms with Crippen LogP contribution in [0.25, 0.3) is 5.70 Å². The molecular weight excluding hydrogens is 371 g/mol. The fraction of sp³-hybridized carbons (Fsp3) is 0.500. The lowest BCUT2D eigenvalue weighted by Gasteiger charge is -2.27. The zero-order chi connectivity index (χ0) is 21.6. The molecular formula is C22H29FN4O2. The van der Waals surface area contributed by atoms with Crippen molar-refractivity contribution in [2.45, 2.75) is 46.1 Å². The van der Waals surface area contributed by atoms with Gasteiger partial charge in [-0.25, -0.2) is 14.2 Å². The summed E-state index contributed by atoms with van der Waals surface area (Å²) in [5.41, 5.74) is 0.458. The quantitative estimate of drug-likeness (QED) is 0.556. The molecule has 156 valence electrons. The van der Waals surface area contributed by atoms with E-state index in [9.17, 15) is 9.18 Å². The zero-order valence-corrected chi connectivity index (χ0v) is 17.7. The largest absolute Gasteiger partial charge is 0.444 e. The van der Waals surface area contributed by atoms with Crippen molar-refractivity contribution < 1.29 is 13.9 Å². The number of aliphatic imine (C=N–C) groups is 1. The van der Waals surface area contributed by atoms with Gasteiger partial charge in [-0.2, -0.15) is 5.26 Å². The van der Waals surface area contributed by atoms with E-state index >= 15 is 0 Å². The monoisotopic (exact) mass is 400 g/mol. The molecule has 7 heteroatoms. The Kier molecular flexibility index (Phi) is 7.38. The minimum Gasteiger partial charge on any atom is -0.444 e. The van der Waals surface area contributed by atoms with E-state index < -0.39 is 11.4 Å². The van der Waals surface area contributed by atoms with Crippen molar-refractivity contribution in [1.29, 1.82) is 5.26 Å². The SMILES string of the molecule is C=C(/N=C(\CC)N1CCCN(C(=O)OC(C)(C)C)CC1)c1ccc(C#N)c(F)c1. The molecule has 2 rings (SSSR count). The summed E-state index contributed by atoms with van der Waals surface area (Å²) >= 11 is 0. The highest BCUT2D eigenvalue weighted by Gasteiger charge is 2.25. The van der Waals surface area contributed by atoms with E-state index in [1.807, 2.05) is 33.8 Å². The highest BCUT2D eigenvalue weighted by atomic mass is 19.1. The molecule has 0 atom stereocenters. The number of amides is 1. The molecule has 1 heterocycles. The number of nitriles is 1. The minimum atomic E-state index is -0.581. The van der Waals surface area contributed by atoms with Gasteiger partial charge in [0, 0.05) is 38.2 Å². The molecule has 1 amide bonds. The van der Waals surface area contributed by atoms with Crippen molar-refractivity contribution in [2.75, 3.05) is 26.2 Å². The molecule has 0 bridgehead atoms. The van der Waals surface area contributed by atoms with Crippen LogP contribution in [0.15, 0.2) is 29.8 Å². The van der Waals surface area contributed by atoms with Crippen molar-refractivity contribution in [2.24, 2.45) is 4.99 Å². The summed E-state index contributed by atoms with van der Waals surface area (Å²) in [6.45, 7) is 14.1. The Morgan fingerprint density at radius 2 is 1.93 bits per heavy atom. The first-order valence-corrected chi connectivity index (χ1v) is 9.84. The Bertz CT molecular complexity index is 836. The fourth-order valence-electron chi connectivity index (χ4n) is 3.06. The third kappa shape index (κ3) is 6.31. The molecule has 0 unspecified atom stereocenters. The Balaban J connectivity index is 2.09. The molecule has 1 aromatic carbocycles. The second kappa shape index (κ2) is 9.55. The van der Waals surface area contributed by atoms with Crippen LogP contribution in [-0.2, 0) is 4.74 Å². The van der Waals surface area contributed by atoms with E-state index in [2.05, 4.69) is 16.5 Å². The van der Waals surface area contributed by atoms with E-state index in [1.54, 1.807) is 11.0 Å². The molecule has 1 aromatic rings. The van der Waals surface area contributed by atoms with Crippen LogP contribution in [0.3, 0.4) is 0 Å². The molecule has 0 aromatic heterocycles. The third-order valence-corrected chi connectivity index (χ3v) is 4.52. The van der Waals surface area contributed by atoms with Crippen molar-refractivity contribution in [3.8, 4) is 6.07 Å². The Hall–Kier alpha value is -2.88. The molecule has 29 heavy (non-hydrogen) atoms. The Morgan fingerprint density at radius 1 is 1.28 bits per heavy atom. The first kappa shape index (κ1) is 22.4. The zero-order valence-electron chi connectivity index (χ0n) is 17.7. The molecule has 0 saturated carbocycles. The van der Waals surface area contributed by atoms with Crippen molar-refractivity contribution in [3.05, 3.63) is 41.7 Å². The predicted molar refractivity (Wildman–Crippen MR) is 112 cm³/mol. The van der Waals surface area contributed by atoms with Gasteiger partial charge in [-0.3, -0.25) is 0 Å². The van der Waals surface area contributed by atoms with Crippen LogP contribution in [0, 0.1) is 17.1 Å². The van der Waals surface area contributed by atoms with Gasteiger partial charge in [0.1, 0.15) is 23.3 Å². The summed E-state index contributed by atoms with van der Waals surface area (Å²) in [5, 5.41) is 8.87. The van der Waals surface area contributed by atoms with Crippen LogP contribution in [0.2, 0.25) is 0 Å². The summed E-state index contributed by atoms with van der Waals surface area (Å²) in [6, 6.07) is 6.17. The van der Waals surface area contributed by atoms with E-state index in [-0.39, 0.29) is 11.7 Å². The molecule has 1 fully saturated rings. The molecule has 0 spiro atoms. The second-order valence-electron chi connectivity index (χ2n) is 7.94. The summed E-state index contributed by atoms with van der Waals surface area (Å²) in [6.07, 6.45) is 1.19. The van der Waals surface area contributed by atoms with Gasteiger partial charge in [-0.05, 0) is 39.3 Å². The number of rotatable bonds is 3. The number of carbonyl (C=O) groups excluding carboxylic acids is 1. The van der Waals surface area contributed by atoms with Crippen LogP contribution in [-0.4, -0.2) is 53.5 Å². The van der Waals surface area contributed by atoms with Gasteiger partial charge in [0.25, 0.3) is 0 Å². The predicted octanol–water partition coefficient (Wildman–Crippen LogP) is 4.42. The van der Waals surface area contributed by atoms with Crippen LogP contribution >= 0.6 is 0 Å². The highest BCUT2D eigenvalue weighted by Crippen LogP contribution is 2.19.